The number of thiazole rings is 1. The van der Waals surface area contributed by atoms with Crippen LogP contribution in [0.4, 0.5) is 5.13 Å². The van der Waals surface area contributed by atoms with Gasteiger partial charge in [-0.15, -0.1) is 0 Å². The molecule has 0 fully saturated rings. The van der Waals surface area contributed by atoms with Crippen LogP contribution in [0.2, 0.25) is 0 Å². The fraction of sp³-hybridized carbons (Fsp3) is 0.476. The molecule has 0 bridgehead atoms. The number of para-hydroxylation sites is 1. The Morgan fingerprint density at radius 3 is 2.59 bits per heavy atom. The van der Waals surface area contributed by atoms with Crippen LogP contribution in [-0.2, 0) is 7.05 Å². The molecule has 0 unspecified atom stereocenters. The standard InChI is InChI=1S/C21H29N5O2S/c1-6-25(7-2)12-13-26(20(27)18-15(4)14-24(5)23-18)21-22-19-16(28-8-3)10-9-11-17(19)29-21/h9-11,14H,6-8,12-13H2,1-5H3. The average Bonchev–Trinajstić information content (AvgIpc) is 3.28. The molecule has 1 amide bonds. The lowest BCUT2D eigenvalue weighted by Crippen LogP contribution is -2.39. The summed E-state index contributed by atoms with van der Waals surface area (Å²) in [5, 5.41) is 5.06. The van der Waals surface area contributed by atoms with E-state index in [1.165, 1.54) is 11.3 Å². The van der Waals surface area contributed by atoms with Gasteiger partial charge >= 0.3 is 0 Å². The number of carbonyl (C=O) groups excluding carboxylic acids is 1. The lowest BCUT2D eigenvalue weighted by molar-refractivity contribution is 0.0977. The lowest BCUT2D eigenvalue weighted by Gasteiger charge is -2.24. The highest BCUT2D eigenvalue weighted by molar-refractivity contribution is 7.22. The molecule has 2 heterocycles. The Bertz CT molecular complexity index is 977. The monoisotopic (exact) mass is 415 g/mol. The summed E-state index contributed by atoms with van der Waals surface area (Å²) >= 11 is 1.51. The molecular formula is C21H29N5O2S. The molecule has 2 aromatic heterocycles. The van der Waals surface area contributed by atoms with E-state index in [9.17, 15) is 4.79 Å². The summed E-state index contributed by atoms with van der Waals surface area (Å²) in [5.41, 5.74) is 2.13. The van der Waals surface area contributed by atoms with Crippen LogP contribution < -0.4 is 9.64 Å². The second-order valence-electron chi connectivity index (χ2n) is 6.85. The molecule has 3 rings (SSSR count). The van der Waals surface area contributed by atoms with Gasteiger partial charge in [0.2, 0.25) is 0 Å². The Morgan fingerprint density at radius 1 is 1.21 bits per heavy atom. The van der Waals surface area contributed by atoms with Gasteiger partial charge in [-0.1, -0.05) is 31.3 Å². The van der Waals surface area contributed by atoms with Gasteiger partial charge in [-0.05, 0) is 39.1 Å². The maximum atomic E-state index is 13.4. The second-order valence-corrected chi connectivity index (χ2v) is 7.86. The van der Waals surface area contributed by atoms with Gasteiger partial charge < -0.3 is 9.64 Å². The van der Waals surface area contributed by atoms with Crippen molar-refractivity contribution in [1.82, 2.24) is 19.7 Å². The molecule has 0 radical (unpaired) electrons. The minimum absolute atomic E-state index is 0.118. The van der Waals surface area contributed by atoms with Crippen LogP contribution in [0.5, 0.6) is 5.75 Å². The molecule has 0 atom stereocenters. The number of carbonyl (C=O) groups is 1. The van der Waals surface area contributed by atoms with Crippen molar-refractivity contribution in [3.05, 3.63) is 35.7 Å². The van der Waals surface area contributed by atoms with Gasteiger partial charge in [0.15, 0.2) is 10.8 Å². The van der Waals surface area contributed by atoms with E-state index in [1.54, 1.807) is 9.58 Å². The Balaban J connectivity index is 2.00. The number of hydrogen-bond acceptors (Lipinski definition) is 6. The van der Waals surface area contributed by atoms with E-state index in [1.807, 2.05) is 45.3 Å². The fourth-order valence-electron chi connectivity index (χ4n) is 3.31. The minimum Gasteiger partial charge on any atom is -0.492 e. The number of nitrogens with zero attached hydrogens (tertiary/aromatic N) is 5. The Labute approximate surface area is 175 Å². The molecule has 3 aromatic rings. The molecule has 0 saturated heterocycles. The van der Waals surface area contributed by atoms with Gasteiger partial charge in [0.25, 0.3) is 5.91 Å². The van der Waals surface area contributed by atoms with E-state index in [2.05, 4.69) is 23.8 Å². The summed E-state index contributed by atoms with van der Waals surface area (Å²) in [6.07, 6.45) is 1.86. The van der Waals surface area contributed by atoms with Crippen molar-refractivity contribution in [1.29, 1.82) is 0 Å². The summed E-state index contributed by atoms with van der Waals surface area (Å²) < 4.78 is 8.41. The number of benzene rings is 1. The van der Waals surface area contributed by atoms with Crippen LogP contribution in [0.15, 0.2) is 24.4 Å². The molecule has 0 spiro atoms. The quantitative estimate of drug-likeness (QED) is 0.533. The number of anilines is 1. The molecule has 0 aliphatic heterocycles. The van der Waals surface area contributed by atoms with Crippen LogP contribution >= 0.6 is 11.3 Å². The minimum atomic E-state index is -0.118. The van der Waals surface area contributed by atoms with Crippen molar-refractivity contribution in [2.75, 3.05) is 37.7 Å². The zero-order chi connectivity index (χ0) is 21.0. The number of fused-ring (bicyclic) bond motifs is 1. The van der Waals surface area contributed by atoms with E-state index in [0.29, 0.717) is 24.0 Å². The molecule has 8 heteroatoms. The number of aryl methyl sites for hydroxylation is 2. The number of hydrogen-bond donors (Lipinski definition) is 0. The van der Waals surface area contributed by atoms with Crippen LogP contribution in [-0.4, -0.2) is 58.4 Å². The van der Waals surface area contributed by atoms with Crippen molar-refractivity contribution >= 4 is 32.6 Å². The summed E-state index contributed by atoms with van der Waals surface area (Å²) in [5.74, 6) is 0.630. The van der Waals surface area contributed by atoms with Crippen molar-refractivity contribution in [3.63, 3.8) is 0 Å². The molecule has 1 aromatic carbocycles. The zero-order valence-electron chi connectivity index (χ0n) is 17.8. The predicted molar refractivity (Wildman–Crippen MR) is 118 cm³/mol. The van der Waals surface area contributed by atoms with Gasteiger partial charge in [-0.2, -0.15) is 5.10 Å². The molecule has 156 valence electrons. The van der Waals surface area contributed by atoms with E-state index in [4.69, 9.17) is 9.72 Å². The van der Waals surface area contributed by atoms with Gasteiger partial charge in [-0.25, -0.2) is 4.98 Å². The van der Waals surface area contributed by atoms with Crippen molar-refractivity contribution in [2.45, 2.75) is 27.7 Å². The first-order valence-electron chi connectivity index (χ1n) is 10.0. The smallest absolute Gasteiger partial charge is 0.280 e. The highest BCUT2D eigenvalue weighted by Gasteiger charge is 2.25. The van der Waals surface area contributed by atoms with E-state index in [0.717, 1.165) is 41.2 Å². The van der Waals surface area contributed by atoms with Crippen LogP contribution in [0.1, 0.15) is 36.8 Å². The topological polar surface area (TPSA) is 63.5 Å². The van der Waals surface area contributed by atoms with E-state index >= 15 is 0 Å². The van der Waals surface area contributed by atoms with Crippen molar-refractivity contribution in [2.24, 2.45) is 7.05 Å². The first-order valence-corrected chi connectivity index (χ1v) is 10.9. The molecule has 0 aliphatic carbocycles. The Morgan fingerprint density at radius 2 is 1.97 bits per heavy atom. The molecule has 0 saturated carbocycles. The highest BCUT2D eigenvalue weighted by Crippen LogP contribution is 2.34. The second kappa shape index (κ2) is 9.37. The van der Waals surface area contributed by atoms with Gasteiger partial charge in [0.05, 0.1) is 11.3 Å². The van der Waals surface area contributed by atoms with E-state index < -0.39 is 0 Å². The third kappa shape index (κ3) is 4.59. The highest BCUT2D eigenvalue weighted by atomic mass is 32.1. The number of ether oxygens (including phenoxy) is 1. The third-order valence-electron chi connectivity index (χ3n) is 4.90. The molecule has 7 nitrogen and oxygen atoms in total. The fourth-order valence-corrected chi connectivity index (χ4v) is 4.32. The Hall–Kier alpha value is -2.45. The average molecular weight is 416 g/mol. The normalized spacial score (nSPS) is 11.4. The summed E-state index contributed by atoms with van der Waals surface area (Å²) in [4.78, 5) is 22.3. The predicted octanol–water partition coefficient (Wildman–Crippen LogP) is 3.73. The first-order chi connectivity index (χ1) is 14.0. The molecular weight excluding hydrogens is 386 g/mol. The SMILES string of the molecule is CCOc1cccc2sc(N(CCN(CC)CC)C(=O)c3nn(C)cc3C)nc12. The van der Waals surface area contributed by atoms with Crippen LogP contribution in [0.25, 0.3) is 10.2 Å². The van der Waals surface area contributed by atoms with E-state index in [-0.39, 0.29) is 5.91 Å². The number of aromatic nitrogens is 3. The lowest BCUT2D eigenvalue weighted by atomic mass is 10.2. The molecule has 0 aliphatic rings. The number of rotatable bonds is 9. The Kier molecular flexibility index (Phi) is 6.87. The van der Waals surface area contributed by atoms with Gasteiger partial charge in [-0.3, -0.25) is 14.4 Å². The van der Waals surface area contributed by atoms with Crippen LogP contribution in [0, 0.1) is 6.92 Å². The van der Waals surface area contributed by atoms with Crippen molar-refractivity contribution < 1.29 is 9.53 Å². The maximum Gasteiger partial charge on any atom is 0.280 e. The van der Waals surface area contributed by atoms with Crippen molar-refractivity contribution in [3.8, 4) is 5.75 Å². The summed E-state index contributed by atoms with van der Waals surface area (Å²) in [6, 6.07) is 5.89. The van der Waals surface area contributed by atoms with Crippen LogP contribution in [0.3, 0.4) is 0 Å². The first kappa shape index (κ1) is 21.3. The largest absolute Gasteiger partial charge is 0.492 e. The number of amides is 1. The number of likely N-dealkylation sites (N-methyl/N-ethyl adjacent to an activating group) is 1. The zero-order valence-corrected chi connectivity index (χ0v) is 18.6. The molecule has 29 heavy (non-hydrogen) atoms. The summed E-state index contributed by atoms with van der Waals surface area (Å²) in [6.45, 7) is 11.9. The molecule has 0 N–H and O–H groups in total. The third-order valence-corrected chi connectivity index (χ3v) is 5.94. The maximum absolute atomic E-state index is 13.4. The van der Waals surface area contributed by atoms with Gasteiger partial charge in [0.1, 0.15) is 11.3 Å². The van der Waals surface area contributed by atoms with Gasteiger partial charge in [0, 0.05) is 31.9 Å². The summed E-state index contributed by atoms with van der Waals surface area (Å²) in [7, 11) is 1.83.